The van der Waals surface area contributed by atoms with Crippen molar-refractivity contribution in [3.8, 4) is 0 Å². The lowest BCUT2D eigenvalue weighted by atomic mass is 10.2. The standard InChI is InChI=1S/C13H20N4O2/c1-11-14-4-2-12(15-11)10-17-8-6-16(7-9-17)5-3-13(18)19/h2,4H,3,5-10H2,1H3,(H,18,19). The Morgan fingerprint density at radius 3 is 2.63 bits per heavy atom. The fourth-order valence-corrected chi connectivity index (χ4v) is 2.25. The topological polar surface area (TPSA) is 69.6 Å². The lowest BCUT2D eigenvalue weighted by Gasteiger charge is -2.34. The van der Waals surface area contributed by atoms with E-state index in [0.717, 1.165) is 44.2 Å². The molecule has 19 heavy (non-hydrogen) atoms. The molecule has 0 atom stereocenters. The first kappa shape index (κ1) is 13.9. The number of hydrogen-bond acceptors (Lipinski definition) is 5. The summed E-state index contributed by atoms with van der Waals surface area (Å²) < 4.78 is 0. The Bertz CT molecular complexity index is 430. The maximum atomic E-state index is 10.5. The van der Waals surface area contributed by atoms with Gasteiger partial charge in [-0.1, -0.05) is 0 Å². The smallest absolute Gasteiger partial charge is 0.304 e. The highest BCUT2D eigenvalue weighted by Crippen LogP contribution is 2.07. The molecule has 0 unspecified atom stereocenters. The molecule has 2 heterocycles. The van der Waals surface area contributed by atoms with Crippen LogP contribution in [0.1, 0.15) is 17.9 Å². The minimum absolute atomic E-state index is 0.227. The molecule has 1 N–H and O–H groups in total. The second-order valence-electron chi connectivity index (χ2n) is 4.86. The predicted octanol–water partition coefficient (Wildman–Crippen LogP) is 0.377. The fourth-order valence-electron chi connectivity index (χ4n) is 2.25. The zero-order valence-electron chi connectivity index (χ0n) is 11.2. The molecule has 6 nitrogen and oxygen atoms in total. The van der Waals surface area contributed by atoms with E-state index >= 15 is 0 Å². The molecule has 1 aromatic heterocycles. The highest BCUT2D eigenvalue weighted by molar-refractivity contribution is 5.66. The molecule has 1 fully saturated rings. The summed E-state index contributed by atoms with van der Waals surface area (Å²) in [4.78, 5) is 23.6. The third-order valence-electron chi connectivity index (χ3n) is 3.33. The third kappa shape index (κ3) is 4.57. The van der Waals surface area contributed by atoms with Crippen molar-refractivity contribution in [2.45, 2.75) is 19.9 Å². The van der Waals surface area contributed by atoms with E-state index < -0.39 is 5.97 Å². The average molecular weight is 264 g/mol. The second-order valence-corrected chi connectivity index (χ2v) is 4.86. The summed E-state index contributed by atoms with van der Waals surface area (Å²) in [7, 11) is 0. The number of aryl methyl sites for hydroxylation is 1. The molecule has 1 aliphatic heterocycles. The van der Waals surface area contributed by atoms with Crippen LogP contribution in [0.3, 0.4) is 0 Å². The van der Waals surface area contributed by atoms with E-state index in [2.05, 4.69) is 19.8 Å². The second kappa shape index (κ2) is 6.58. The van der Waals surface area contributed by atoms with Crippen molar-refractivity contribution in [1.29, 1.82) is 0 Å². The predicted molar refractivity (Wildman–Crippen MR) is 70.7 cm³/mol. The van der Waals surface area contributed by atoms with Crippen molar-refractivity contribution in [2.24, 2.45) is 0 Å². The van der Waals surface area contributed by atoms with E-state index in [4.69, 9.17) is 5.11 Å². The molecule has 1 saturated heterocycles. The molecular formula is C13H20N4O2. The zero-order valence-corrected chi connectivity index (χ0v) is 11.2. The largest absolute Gasteiger partial charge is 0.481 e. The van der Waals surface area contributed by atoms with Crippen molar-refractivity contribution in [3.63, 3.8) is 0 Å². The lowest BCUT2D eigenvalue weighted by molar-refractivity contribution is -0.137. The Balaban J connectivity index is 1.75. The Labute approximate surface area is 113 Å². The number of aromatic nitrogens is 2. The molecule has 2 rings (SSSR count). The van der Waals surface area contributed by atoms with Crippen molar-refractivity contribution >= 4 is 5.97 Å². The number of carboxylic acids is 1. The number of rotatable bonds is 5. The minimum atomic E-state index is -0.723. The Hall–Kier alpha value is -1.53. The van der Waals surface area contributed by atoms with Gasteiger partial charge in [-0.2, -0.15) is 0 Å². The van der Waals surface area contributed by atoms with Gasteiger partial charge in [-0.3, -0.25) is 9.69 Å². The number of hydrogen-bond donors (Lipinski definition) is 1. The van der Waals surface area contributed by atoms with Crippen molar-refractivity contribution in [3.05, 3.63) is 23.8 Å². The van der Waals surface area contributed by atoms with Crippen LogP contribution < -0.4 is 0 Å². The van der Waals surface area contributed by atoms with E-state index in [1.54, 1.807) is 6.20 Å². The number of carbonyl (C=O) groups is 1. The van der Waals surface area contributed by atoms with Crippen molar-refractivity contribution in [2.75, 3.05) is 32.7 Å². The molecule has 0 amide bonds. The zero-order chi connectivity index (χ0) is 13.7. The van der Waals surface area contributed by atoms with Crippen LogP contribution in [0.25, 0.3) is 0 Å². The Morgan fingerprint density at radius 1 is 1.32 bits per heavy atom. The van der Waals surface area contributed by atoms with Crippen LogP contribution in [0.15, 0.2) is 12.3 Å². The molecule has 1 aromatic rings. The van der Waals surface area contributed by atoms with E-state index in [-0.39, 0.29) is 6.42 Å². The first-order chi connectivity index (χ1) is 9.13. The number of carboxylic acid groups (broad SMARTS) is 1. The first-order valence-corrected chi connectivity index (χ1v) is 6.58. The summed E-state index contributed by atoms with van der Waals surface area (Å²) in [5, 5.41) is 8.67. The molecule has 6 heteroatoms. The summed E-state index contributed by atoms with van der Waals surface area (Å²) in [6.07, 6.45) is 2.02. The molecule has 0 saturated carbocycles. The number of nitrogens with zero attached hydrogens (tertiary/aromatic N) is 4. The Kier molecular flexibility index (Phi) is 4.81. The molecule has 0 spiro atoms. The highest BCUT2D eigenvalue weighted by Gasteiger charge is 2.17. The summed E-state index contributed by atoms with van der Waals surface area (Å²) in [6, 6.07) is 1.95. The van der Waals surface area contributed by atoms with Gasteiger partial charge in [0.25, 0.3) is 0 Å². The Morgan fingerprint density at radius 2 is 2.00 bits per heavy atom. The maximum absolute atomic E-state index is 10.5. The van der Waals surface area contributed by atoms with Gasteiger partial charge in [0.1, 0.15) is 5.82 Å². The van der Waals surface area contributed by atoms with Crippen LogP contribution in [0.4, 0.5) is 0 Å². The fraction of sp³-hybridized carbons (Fsp3) is 0.615. The van der Waals surface area contributed by atoms with E-state index in [9.17, 15) is 4.79 Å². The molecule has 0 bridgehead atoms. The van der Waals surface area contributed by atoms with Gasteiger partial charge in [0.2, 0.25) is 0 Å². The SMILES string of the molecule is Cc1nccc(CN2CCN(CCC(=O)O)CC2)n1. The van der Waals surface area contributed by atoms with Gasteiger partial charge >= 0.3 is 5.97 Å². The summed E-state index contributed by atoms with van der Waals surface area (Å²) >= 11 is 0. The van der Waals surface area contributed by atoms with E-state index in [0.29, 0.717) is 6.54 Å². The maximum Gasteiger partial charge on any atom is 0.304 e. The van der Waals surface area contributed by atoms with Crippen LogP contribution in [0.5, 0.6) is 0 Å². The summed E-state index contributed by atoms with van der Waals surface area (Å²) in [5.41, 5.74) is 1.05. The van der Waals surface area contributed by atoms with Crippen molar-refractivity contribution in [1.82, 2.24) is 19.8 Å². The average Bonchev–Trinajstić information content (AvgIpc) is 2.38. The number of piperazine rings is 1. The molecule has 1 aliphatic rings. The molecular weight excluding hydrogens is 244 g/mol. The molecule has 104 valence electrons. The molecule has 0 aromatic carbocycles. The quantitative estimate of drug-likeness (QED) is 0.829. The lowest BCUT2D eigenvalue weighted by Crippen LogP contribution is -2.46. The monoisotopic (exact) mass is 264 g/mol. The highest BCUT2D eigenvalue weighted by atomic mass is 16.4. The van der Waals surface area contributed by atoms with Crippen LogP contribution in [-0.2, 0) is 11.3 Å². The van der Waals surface area contributed by atoms with Gasteiger partial charge in [0.05, 0.1) is 12.1 Å². The molecule has 0 radical (unpaired) electrons. The summed E-state index contributed by atoms with van der Waals surface area (Å²) in [6.45, 7) is 7.17. The summed E-state index contributed by atoms with van der Waals surface area (Å²) in [5.74, 6) is 0.0801. The third-order valence-corrected chi connectivity index (χ3v) is 3.33. The van der Waals surface area contributed by atoms with Gasteiger partial charge < -0.3 is 10.0 Å². The van der Waals surface area contributed by atoms with Gasteiger partial charge in [0, 0.05) is 45.5 Å². The van der Waals surface area contributed by atoms with Crippen LogP contribution in [0, 0.1) is 6.92 Å². The minimum Gasteiger partial charge on any atom is -0.481 e. The van der Waals surface area contributed by atoms with Gasteiger partial charge in [-0.05, 0) is 13.0 Å². The van der Waals surface area contributed by atoms with Crippen LogP contribution in [0.2, 0.25) is 0 Å². The first-order valence-electron chi connectivity index (χ1n) is 6.58. The van der Waals surface area contributed by atoms with Gasteiger partial charge in [0.15, 0.2) is 0 Å². The normalized spacial score (nSPS) is 17.5. The van der Waals surface area contributed by atoms with Gasteiger partial charge in [-0.25, -0.2) is 9.97 Å². The van der Waals surface area contributed by atoms with E-state index in [1.807, 2.05) is 13.0 Å². The van der Waals surface area contributed by atoms with Crippen LogP contribution >= 0.6 is 0 Å². The van der Waals surface area contributed by atoms with Crippen molar-refractivity contribution < 1.29 is 9.90 Å². The molecule has 0 aliphatic carbocycles. The van der Waals surface area contributed by atoms with Crippen LogP contribution in [-0.4, -0.2) is 63.6 Å². The van der Waals surface area contributed by atoms with Gasteiger partial charge in [-0.15, -0.1) is 0 Å². The van der Waals surface area contributed by atoms with E-state index in [1.165, 1.54) is 0 Å². The number of aliphatic carboxylic acids is 1.